The van der Waals surface area contributed by atoms with Crippen molar-refractivity contribution in [2.75, 3.05) is 18.9 Å². The molecule has 0 bridgehead atoms. The lowest BCUT2D eigenvalue weighted by atomic mass is 10.1. The topological polar surface area (TPSA) is 78.5 Å². The van der Waals surface area contributed by atoms with E-state index in [1.165, 1.54) is 4.90 Å². The number of rotatable bonds is 7. The number of likely N-dealkylation sites (N-methyl/N-ethyl adjacent to an activating group) is 1. The third kappa shape index (κ3) is 5.79. The van der Waals surface area contributed by atoms with Gasteiger partial charge in [-0.15, -0.1) is 0 Å². The first kappa shape index (κ1) is 21.8. The molecule has 0 aliphatic rings. The minimum absolute atomic E-state index is 0.135. The van der Waals surface area contributed by atoms with Crippen LogP contribution in [0.2, 0.25) is 0 Å². The first-order valence-electron chi connectivity index (χ1n) is 10.0. The van der Waals surface area contributed by atoms with E-state index in [1.807, 2.05) is 43.3 Å². The van der Waals surface area contributed by atoms with E-state index < -0.39 is 0 Å². The van der Waals surface area contributed by atoms with Crippen LogP contribution in [0, 0.1) is 0 Å². The standard InChI is InChI=1S/C25H25N3O3/c1-18(19-11-5-3-6-12-19)26-24(30)21-15-9-10-16-22(21)27-23(29)17-28(2)25(31)20-13-7-4-8-14-20/h3-16,18H,17H2,1-2H3,(H,26,30)(H,27,29)/t18-/m0/s1. The minimum atomic E-state index is -0.386. The average molecular weight is 415 g/mol. The molecule has 0 aliphatic heterocycles. The molecule has 0 heterocycles. The number of nitrogens with one attached hydrogen (secondary N) is 2. The van der Waals surface area contributed by atoms with Crippen molar-refractivity contribution in [3.8, 4) is 0 Å². The third-order valence-electron chi connectivity index (χ3n) is 4.84. The Balaban J connectivity index is 1.65. The smallest absolute Gasteiger partial charge is 0.254 e. The largest absolute Gasteiger partial charge is 0.345 e. The zero-order valence-corrected chi connectivity index (χ0v) is 17.5. The average Bonchev–Trinajstić information content (AvgIpc) is 2.79. The number of hydrogen-bond donors (Lipinski definition) is 2. The van der Waals surface area contributed by atoms with Gasteiger partial charge in [0.05, 0.1) is 23.8 Å². The Morgan fingerprint density at radius 2 is 1.42 bits per heavy atom. The van der Waals surface area contributed by atoms with Crippen LogP contribution in [0.1, 0.15) is 39.2 Å². The van der Waals surface area contributed by atoms with E-state index in [-0.39, 0.29) is 30.3 Å². The summed E-state index contributed by atoms with van der Waals surface area (Å²) in [6, 6.07) is 25.0. The number of nitrogens with zero attached hydrogens (tertiary/aromatic N) is 1. The van der Waals surface area contributed by atoms with Crippen LogP contribution in [0.3, 0.4) is 0 Å². The van der Waals surface area contributed by atoms with Gasteiger partial charge in [0.1, 0.15) is 0 Å². The van der Waals surface area contributed by atoms with E-state index in [2.05, 4.69) is 10.6 Å². The summed E-state index contributed by atoms with van der Waals surface area (Å²) in [5.74, 6) is -0.928. The van der Waals surface area contributed by atoms with Crippen molar-refractivity contribution < 1.29 is 14.4 Å². The molecule has 0 unspecified atom stereocenters. The van der Waals surface area contributed by atoms with Gasteiger partial charge in [0.2, 0.25) is 5.91 Å². The second-order valence-corrected chi connectivity index (χ2v) is 7.23. The van der Waals surface area contributed by atoms with Crippen molar-refractivity contribution in [3.63, 3.8) is 0 Å². The highest BCUT2D eigenvalue weighted by Crippen LogP contribution is 2.18. The highest BCUT2D eigenvalue weighted by atomic mass is 16.2. The van der Waals surface area contributed by atoms with Crippen LogP contribution in [-0.2, 0) is 4.79 Å². The summed E-state index contributed by atoms with van der Waals surface area (Å²) in [5.41, 5.74) is 2.24. The van der Waals surface area contributed by atoms with Gasteiger partial charge < -0.3 is 15.5 Å². The van der Waals surface area contributed by atoms with Gasteiger partial charge in [-0.2, -0.15) is 0 Å². The molecular weight excluding hydrogens is 390 g/mol. The molecule has 6 nitrogen and oxygen atoms in total. The summed E-state index contributed by atoms with van der Waals surface area (Å²) in [5, 5.41) is 5.70. The summed E-state index contributed by atoms with van der Waals surface area (Å²) in [7, 11) is 1.56. The van der Waals surface area contributed by atoms with E-state index in [9.17, 15) is 14.4 Å². The predicted molar refractivity (Wildman–Crippen MR) is 121 cm³/mol. The number of para-hydroxylation sites is 1. The van der Waals surface area contributed by atoms with E-state index >= 15 is 0 Å². The summed E-state index contributed by atoms with van der Waals surface area (Å²) in [4.78, 5) is 39.1. The van der Waals surface area contributed by atoms with Gasteiger partial charge >= 0.3 is 0 Å². The quantitative estimate of drug-likeness (QED) is 0.615. The maximum absolute atomic E-state index is 12.8. The molecule has 3 amide bonds. The monoisotopic (exact) mass is 415 g/mol. The number of carbonyl (C=O) groups excluding carboxylic acids is 3. The van der Waals surface area contributed by atoms with Crippen molar-refractivity contribution in [1.82, 2.24) is 10.2 Å². The van der Waals surface area contributed by atoms with E-state index in [0.717, 1.165) is 5.56 Å². The zero-order chi connectivity index (χ0) is 22.2. The van der Waals surface area contributed by atoms with Gasteiger partial charge in [-0.1, -0.05) is 60.7 Å². The van der Waals surface area contributed by atoms with Gasteiger partial charge in [0.15, 0.2) is 0 Å². The summed E-state index contributed by atoms with van der Waals surface area (Å²) in [6.07, 6.45) is 0. The highest BCUT2D eigenvalue weighted by molar-refractivity contribution is 6.05. The molecule has 31 heavy (non-hydrogen) atoms. The van der Waals surface area contributed by atoms with E-state index in [4.69, 9.17) is 0 Å². The molecule has 0 aliphatic carbocycles. The van der Waals surface area contributed by atoms with Crippen LogP contribution in [0.5, 0.6) is 0 Å². The Labute approximate surface area is 181 Å². The Morgan fingerprint density at radius 1 is 0.839 bits per heavy atom. The lowest BCUT2D eigenvalue weighted by Gasteiger charge is -2.19. The molecule has 0 saturated carbocycles. The fraction of sp³-hybridized carbons (Fsp3) is 0.160. The van der Waals surface area contributed by atoms with Gasteiger partial charge in [0.25, 0.3) is 11.8 Å². The van der Waals surface area contributed by atoms with E-state index in [1.54, 1.807) is 55.6 Å². The number of hydrogen-bond acceptors (Lipinski definition) is 3. The fourth-order valence-electron chi connectivity index (χ4n) is 3.17. The van der Waals surface area contributed by atoms with Crippen molar-refractivity contribution in [3.05, 3.63) is 102 Å². The Morgan fingerprint density at radius 3 is 2.10 bits per heavy atom. The van der Waals surface area contributed by atoms with Gasteiger partial charge in [-0.3, -0.25) is 14.4 Å². The van der Waals surface area contributed by atoms with Gasteiger partial charge in [-0.25, -0.2) is 0 Å². The van der Waals surface area contributed by atoms with Crippen LogP contribution in [-0.4, -0.2) is 36.2 Å². The summed E-state index contributed by atoms with van der Waals surface area (Å²) >= 11 is 0. The van der Waals surface area contributed by atoms with Crippen molar-refractivity contribution in [1.29, 1.82) is 0 Å². The van der Waals surface area contributed by atoms with Crippen LogP contribution in [0.4, 0.5) is 5.69 Å². The summed E-state index contributed by atoms with van der Waals surface area (Å²) < 4.78 is 0. The zero-order valence-electron chi connectivity index (χ0n) is 17.5. The second kappa shape index (κ2) is 10.2. The molecule has 3 rings (SSSR count). The number of anilines is 1. The molecule has 0 radical (unpaired) electrons. The molecule has 1 atom stereocenters. The Bertz CT molecular complexity index is 1050. The molecular formula is C25H25N3O3. The molecule has 158 valence electrons. The SMILES string of the molecule is C[C@H](NC(=O)c1ccccc1NC(=O)CN(C)C(=O)c1ccccc1)c1ccccc1. The molecule has 0 aromatic heterocycles. The maximum Gasteiger partial charge on any atom is 0.254 e. The third-order valence-corrected chi connectivity index (χ3v) is 4.84. The molecule has 6 heteroatoms. The normalized spacial score (nSPS) is 11.3. The number of benzene rings is 3. The van der Waals surface area contributed by atoms with Crippen molar-refractivity contribution in [2.45, 2.75) is 13.0 Å². The van der Waals surface area contributed by atoms with Crippen LogP contribution >= 0.6 is 0 Å². The fourth-order valence-corrected chi connectivity index (χ4v) is 3.17. The molecule has 0 spiro atoms. The Kier molecular flexibility index (Phi) is 7.17. The first-order chi connectivity index (χ1) is 15.0. The van der Waals surface area contributed by atoms with E-state index in [0.29, 0.717) is 16.8 Å². The van der Waals surface area contributed by atoms with Crippen LogP contribution < -0.4 is 10.6 Å². The van der Waals surface area contributed by atoms with Gasteiger partial charge in [0, 0.05) is 12.6 Å². The van der Waals surface area contributed by atoms with Gasteiger partial charge in [-0.05, 0) is 36.8 Å². The first-order valence-corrected chi connectivity index (χ1v) is 10.0. The molecule has 0 saturated heterocycles. The van der Waals surface area contributed by atoms with Crippen molar-refractivity contribution in [2.24, 2.45) is 0 Å². The highest BCUT2D eigenvalue weighted by Gasteiger charge is 2.18. The van der Waals surface area contributed by atoms with Crippen LogP contribution in [0.15, 0.2) is 84.9 Å². The molecule has 2 N–H and O–H groups in total. The lowest BCUT2D eigenvalue weighted by Crippen LogP contribution is -2.35. The lowest BCUT2D eigenvalue weighted by molar-refractivity contribution is -0.116. The molecule has 3 aromatic rings. The predicted octanol–water partition coefficient (Wildman–Crippen LogP) is 3.89. The minimum Gasteiger partial charge on any atom is -0.345 e. The molecule has 3 aromatic carbocycles. The molecule has 0 fully saturated rings. The number of amides is 3. The Hall–Kier alpha value is -3.93. The number of carbonyl (C=O) groups is 3. The second-order valence-electron chi connectivity index (χ2n) is 7.23. The maximum atomic E-state index is 12.8. The summed E-state index contributed by atoms with van der Waals surface area (Å²) in [6.45, 7) is 1.77. The van der Waals surface area contributed by atoms with Crippen LogP contribution in [0.25, 0.3) is 0 Å². The van der Waals surface area contributed by atoms with Crippen molar-refractivity contribution >= 4 is 23.4 Å².